The Balaban J connectivity index is 2.23. The summed E-state index contributed by atoms with van der Waals surface area (Å²) in [4.78, 5) is 13.4. The van der Waals surface area contributed by atoms with Crippen molar-refractivity contribution < 1.29 is 9.90 Å². The first-order valence-corrected chi connectivity index (χ1v) is 6.85. The molecule has 0 aromatic rings. The van der Waals surface area contributed by atoms with E-state index < -0.39 is 5.97 Å². The van der Waals surface area contributed by atoms with Gasteiger partial charge in [0, 0.05) is 6.54 Å². The number of piperidine rings is 1. The molecular formula is C13H26N2O2. The highest BCUT2D eigenvalue weighted by molar-refractivity contribution is 5.73. The normalized spacial score (nSPS) is 20.4. The highest BCUT2D eigenvalue weighted by atomic mass is 16.4. The van der Waals surface area contributed by atoms with Crippen LogP contribution in [0.3, 0.4) is 0 Å². The molecule has 4 heteroatoms. The van der Waals surface area contributed by atoms with Gasteiger partial charge in [-0.15, -0.1) is 0 Å². The SMILES string of the molecule is CCNC(CCN1CCC(CC)CC1)C(=O)O. The summed E-state index contributed by atoms with van der Waals surface area (Å²) in [6.07, 6.45) is 4.54. The molecule has 0 saturated carbocycles. The van der Waals surface area contributed by atoms with Crippen LogP contribution in [0.2, 0.25) is 0 Å². The first-order chi connectivity index (χ1) is 8.17. The summed E-state index contributed by atoms with van der Waals surface area (Å²) in [5, 5.41) is 12.0. The van der Waals surface area contributed by atoms with Gasteiger partial charge in [0.15, 0.2) is 0 Å². The van der Waals surface area contributed by atoms with Gasteiger partial charge in [-0.25, -0.2) is 0 Å². The molecule has 1 unspecified atom stereocenters. The minimum absolute atomic E-state index is 0.385. The van der Waals surface area contributed by atoms with Crippen LogP contribution in [0.15, 0.2) is 0 Å². The van der Waals surface area contributed by atoms with Crippen molar-refractivity contribution >= 4 is 5.97 Å². The zero-order chi connectivity index (χ0) is 12.7. The molecule has 1 saturated heterocycles. The number of likely N-dealkylation sites (N-methyl/N-ethyl adjacent to an activating group) is 1. The summed E-state index contributed by atoms with van der Waals surface area (Å²) >= 11 is 0. The number of aliphatic carboxylic acids is 1. The van der Waals surface area contributed by atoms with E-state index in [0.717, 1.165) is 32.1 Å². The fourth-order valence-corrected chi connectivity index (χ4v) is 2.49. The molecule has 4 nitrogen and oxygen atoms in total. The van der Waals surface area contributed by atoms with E-state index in [1.54, 1.807) is 0 Å². The lowest BCUT2D eigenvalue weighted by Gasteiger charge is -2.32. The van der Waals surface area contributed by atoms with E-state index in [9.17, 15) is 4.79 Å². The fraction of sp³-hybridized carbons (Fsp3) is 0.923. The lowest BCUT2D eigenvalue weighted by Crippen LogP contribution is -2.41. The first-order valence-electron chi connectivity index (χ1n) is 6.85. The van der Waals surface area contributed by atoms with Gasteiger partial charge < -0.3 is 15.3 Å². The summed E-state index contributed by atoms with van der Waals surface area (Å²) in [6, 6.07) is -0.385. The lowest BCUT2D eigenvalue weighted by molar-refractivity contribution is -0.139. The summed E-state index contributed by atoms with van der Waals surface area (Å²) in [5.74, 6) is 0.158. The Hall–Kier alpha value is -0.610. The molecule has 0 aromatic carbocycles. The average molecular weight is 242 g/mol. The molecule has 0 aromatic heterocycles. The van der Waals surface area contributed by atoms with Crippen LogP contribution >= 0.6 is 0 Å². The van der Waals surface area contributed by atoms with E-state index >= 15 is 0 Å². The van der Waals surface area contributed by atoms with Gasteiger partial charge in [-0.1, -0.05) is 20.3 Å². The smallest absolute Gasteiger partial charge is 0.320 e. The van der Waals surface area contributed by atoms with Crippen molar-refractivity contribution in [3.8, 4) is 0 Å². The quantitative estimate of drug-likeness (QED) is 0.711. The van der Waals surface area contributed by atoms with Crippen LogP contribution < -0.4 is 5.32 Å². The van der Waals surface area contributed by atoms with Crippen LogP contribution in [0.25, 0.3) is 0 Å². The van der Waals surface area contributed by atoms with Crippen molar-refractivity contribution in [2.75, 3.05) is 26.2 Å². The van der Waals surface area contributed by atoms with E-state index in [1.807, 2.05) is 6.92 Å². The van der Waals surface area contributed by atoms with Gasteiger partial charge in [0.1, 0.15) is 6.04 Å². The van der Waals surface area contributed by atoms with Gasteiger partial charge in [-0.2, -0.15) is 0 Å². The largest absolute Gasteiger partial charge is 0.480 e. The zero-order valence-electron chi connectivity index (χ0n) is 11.1. The number of carbonyl (C=O) groups is 1. The Morgan fingerprint density at radius 2 is 2.06 bits per heavy atom. The van der Waals surface area contributed by atoms with Gasteiger partial charge in [0.2, 0.25) is 0 Å². The number of hydrogen-bond acceptors (Lipinski definition) is 3. The van der Waals surface area contributed by atoms with Gasteiger partial charge >= 0.3 is 5.97 Å². The molecule has 2 N–H and O–H groups in total. The van der Waals surface area contributed by atoms with E-state index in [-0.39, 0.29) is 6.04 Å². The van der Waals surface area contributed by atoms with Gasteiger partial charge in [-0.05, 0) is 44.8 Å². The Kier molecular flexibility index (Phi) is 6.52. The first kappa shape index (κ1) is 14.5. The topological polar surface area (TPSA) is 52.6 Å². The molecule has 1 atom stereocenters. The minimum atomic E-state index is -0.727. The van der Waals surface area contributed by atoms with Crippen LogP contribution in [0.1, 0.15) is 39.5 Å². The second-order valence-corrected chi connectivity index (χ2v) is 4.93. The standard InChI is InChI=1S/C13H26N2O2/c1-3-11-5-8-15(9-6-11)10-7-12(13(16)17)14-4-2/h11-12,14H,3-10H2,1-2H3,(H,16,17). The van der Waals surface area contributed by atoms with E-state index in [2.05, 4.69) is 17.1 Å². The van der Waals surface area contributed by atoms with Gasteiger partial charge in [0.05, 0.1) is 0 Å². The minimum Gasteiger partial charge on any atom is -0.480 e. The molecule has 0 spiro atoms. The van der Waals surface area contributed by atoms with Crippen molar-refractivity contribution in [1.82, 2.24) is 10.2 Å². The maximum absolute atomic E-state index is 11.0. The molecule has 1 aliphatic rings. The summed E-state index contributed by atoms with van der Waals surface area (Å²) in [5.41, 5.74) is 0. The zero-order valence-corrected chi connectivity index (χ0v) is 11.1. The maximum Gasteiger partial charge on any atom is 0.320 e. The van der Waals surface area contributed by atoms with Crippen molar-refractivity contribution in [2.24, 2.45) is 5.92 Å². The van der Waals surface area contributed by atoms with E-state index in [1.165, 1.54) is 19.3 Å². The number of hydrogen-bond donors (Lipinski definition) is 2. The van der Waals surface area contributed by atoms with Crippen molar-refractivity contribution in [2.45, 2.75) is 45.6 Å². The molecule has 0 radical (unpaired) electrons. The van der Waals surface area contributed by atoms with Crippen LogP contribution in [0.5, 0.6) is 0 Å². The number of nitrogens with zero attached hydrogens (tertiary/aromatic N) is 1. The molecule has 0 amide bonds. The third kappa shape index (κ3) is 5.04. The van der Waals surface area contributed by atoms with Crippen LogP contribution in [0, 0.1) is 5.92 Å². The Morgan fingerprint density at radius 3 is 2.53 bits per heavy atom. The Morgan fingerprint density at radius 1 is 1.41 bits per heavy atom. The highest BCUT2D eigenvalue weighted by Crippen LogP contribution is 2.19. The molecule has 1 aliphatic heterocycles. The van der Waals surface area contributed by atoms with Crippen molar-refractivity contribution in [1.29, 1.82) is 0 Å². The third-order valence-corrected chi connectivity index (χ3v) is 3.77. The van der Waals surface area contributed by atoms with Crippen LogP contribution in [0.4, 0.5) is 0 Å². The summed E-state index contributed by atoms with van der Waals surface area (Å²) in [7, 11) is 0. The van der Waals surface area contributed by atoms with Crippen LogP contribution in [-0.4, -0.2) is 48.2 Å². The molecule has 1 heterocycles. The number of carboxylic acid groups (broad SMARTS) is 1. The molecule has 1 fully saturated rings. The van der Waals surface area contributed by atoms with Crippen molar-refractivity contribution in [3.63, 3.8) is 0 Å². The molecule has 100 valence electrons. The second kappa shape index (κ2) is 7.67. The highest BCUT2D eigenvalue weighted by Gasteiger charge is 2.20. The van der Waals surface area contributed by atoms with Crippen LogP contribution in [-0.2, 0) is 4.79 Å². The summed E-state index contributed by atoms with van der Waals surface area (Å²) in [6.45, 7) is 8.10. The second-order valence-electron chi connectivity index (χ2n) is 4.93. The monoisotopic (exact) mass is 242 g/mol. The Labute approximate surface area is 104 Å². The molecular weight excluding hydrogens is 216 g/mol. The van der Waals surface area contributed by atoms with Gasteiger partial charge in [0.25, 0.3) is 0 Å². The number of carboxylic acids is 1. The Bertz CT molecular complexity index is 225. The predicted molar refractivity (Wildman–Crippen MR) is 69.2 cm³/mol. The molecule has 0 aliphatic carbocycles. The average Bonchev–Trinajstić information content (AvgIpc) is 2.34. The summed E-state index contributed by atoms with van der Waals surface area (Å²) < 4.78 is 0. The van der Waals surface area contributed by atoms with Crippen molar-refractivity contribution in [3.05, 3.63) is 0 Å². The molecule has 17 heavy (non-hydrogen) atoms. The number of rotatable bonds is 7. The fourth-order valence-electron chi connectivity index (χ4n) is 2.49. The van der Waals surface area contributed by atoms with E-state index in [0.29, 0.717) is 6.42 Å². The molecule has 0 bridgehead atoms. The lowest BCUT2D eigenvalue weighted by atomic mass is 9.94. The van der Waals surface area contributed by atoms with E-state index in [4.69, 9.17) is 5.11 Å². The van der Waals surface area contributed by atoms with Gasteiger partial charge in [-0.3, -0.25) is 4.79 Å². The maximum atomic E-state index is 11.0. The third-order valence-electron chi connectivity index (χ3n) is 3.77. The molecule has 1 rings (SSSR count). The number of likely N-dealkylation sites (tertiary alicyclic amines) is 1. The predicted octanol–water partition coefficient (Wildman–Crippen LogP) is 1.56. The number of nitrogens with one attached hydrogen (secondary N) is 1.